The molecule has 1 rings (SSSR count). The summed E-state index contributed by atoms with van der Waals surface area (Å²) < 4.78 is 0. The average Bonchev–Trinajstić information content (AvgIpc) is 2.33. The van der Waals surface area contributed by atoms with Crippen LogP contribution in [0, 0.1) is 0 Å². The van der Waals surface area contributed by atoms with Crippen molar-refractivity contribution < 1.29 is 10.2 Å². The Morgan fingerprint density at radius 2 is 1.92 bits per heavy atom. The Balaban J connectivity index is 2.29. The van der Waals surface area contributed by atoms with Crippen molar-refractivity contribution >= 4 is 0 Å². The summed E-state index contributed by atoms with van der Waals surface area (Å²) in [5.74, 6) is 0. The highest BCUT2D eigenvalue weighted by atomic mass is 16.3. The summed E-state index contributed by atoms with van der Waals surface area (Å²) in [5.41, 5.74) is -0.482. The van der Waals surface area contributed by atoms with E-state index in [1.165, 1.54) is 0 Å². The van der Waals surface area contributed by atoms with Gasteiger partial charge in [-0.15, -0.1) is 0 Å². The molecule has 0 aromatic carbocycles. The Kier molecular flexibility index (Phi) is 3.71. The molecule has 0 aromatic rings. The van der Waals surface area contributed by atoms with Crippen LogP contribution in [-0.2, 0) is 0 Å². The van der Waals surface area contributed by atoms with Gasteiger partial charge in [-0.05, 0) is 26.8 Å². The maximum absolute atomic E-state index is 10.1. The van der Waals surface area contributed by atoms with Gasteiger partial charge in [-0.2, -0.15) is 0 Å². The van der Waals surface area contributed by atoms with E-state index in [2.05, 4.69) is 0 Å². The van der Waals surface area contributed by atoms with Crippen LogP contribution < -0.4 is 0 Å². The zero-order valence-corrected chi connectivity index (χ0v) is 8.66. The standard InChI is InChI=1S/C10H21NO2/c1-9(12)7-11(2)8-10(13)5-3-4-6-10/h9,12-13H,3-8H2,1-2H3/t9-/m0/s1. The average molecular weight is 187 g/mol. The Hall–Kier alpha value is -0.120. The van der Waals surface area contributed by atoms with Crippen LogP contribution in [0.4, 0.5) is 0 Å². The highest BCUT2D eigenvalue weighted by molar-refractivity contribution is 4.86. The third-order valence-corrected chi connectivity index (χ3v) is 2.67. The lowest BCUT2D eigenvalue weighted by Crippen LogP contribution is -2.41. The van der Waals surface area contributed by atoms with Gasteiger partial charge in [-0.3, -0.25) is 0 Å². The molecule has 0 heterocycles. The zero-order valence-electron chi connectivity index (χ0n) is 8.66. The minimum atomic E-state index is -0.482. The fourth-order valence-corrected chi connectivity index (χ4v) is 2.21. The first-order valence-electron chi connectivity index (χ1n) is 5.11. The predicted octanol–water partition coefficient (Wildman–Crippen LogP) is 0.604. The van der Waals surface area contributed by atoms with E-state index < -0.39 is 5.60 Å². The lowest BCUT2D eigenvalue weighted by molar-refractivity contribution is 0.00688. The maximum Gasteiger partial charge on any atom is 0.0774 e. The van der Waals surface area contributed by atoms with Crippen molar-refractivity contribution in [3.05, 3.63) is 0 Å². The van der Waals surface area contributed by atoms with Crippen molar-refractivity contribution in [2.24, 2.45) is 0 Å². The fourth-order valence-electron chi connectivity index (χ4n) is 2.21. The molecule has 1 atom stereocenters. The van der Waals surface area contributed by atoms with Crippen LogP contribution >= 0.6 is 0 Å². The van der Waals surface area contributed by atoms with E-state index in [9.17, 15) is 5.11 Å². The molecular formula is C10H21NO2. The van der Waals surface area contributed by atoms with Crippen molar-refractivity contribution in [3.8, 4) is 0 Å². The van der Waals surface area contributed by atoms with E-state index in [1.807, 2.05) is 11.9 Å². The number of aliphatic hydroxyl groups is 2. The monoisotopic (exact) mass is 187 g/mol. The van der Waals surface area contributed by atoms with E-state index in [4.69, 9.17) is 5.11 Å². The molecular weight excluding hydrogens is 166 g/mol. The summed E-state index contributed by atoms with van der Waals surface area (Å²) in [6.07, 6.45) is 3.79. The molecule has 0 saturated heterocycles. The van der Waals surface area contributed by atoms with Crippen LogP contribution in [0.3, 0.4) is 0 Å². The Bertz CT molecular complexity index is 153. The van der Waals surface area contributed by atoms with E-state index in [0.29, 0.717) is 13.1 Å². The number of hydrogen-bond acceptors (Lipinski definition) is 3. The maximum atomic E-state index is 10.1. The van der Waals surface area contributed by atoms with Crippen molar-refractivity contribution in [1.29, 1.82) is 0 Å². The molecule has 13 heavy (non-hydrogen) atoms. The summed E-state index contributed by atoms with van der Waals surface area (Å²) in [4.78, 5) is 2.01. The third-order valence-electron chi connectivity index (χ3n) is 2.67. The Morgan fingerprint density at radius 3 is 2.38 bits per heavy atom. The van der Waals surface area contributed by atoms with E-state index >= 15 is 0 Å². The second-order valence-electron chi connectivity index (χ2n) is 4.48. The first-order chi connectivity index (χ1) is 6.02. The van der Waals surface area contributed by atoms with Crippen LogP contribution in [0.25, 0.3) is 0 Å². The SMILES string of the molecule is C[C@H](O)CN(C)CC1(O)CCCC1. The van der Waals surface area contributed by atoms with Crippen molar-refractivity contribution in [3.63, 3.8) is 0 Å². The van der Waals surface area contributed by atoms with E-state index in [0.717, 1.165) is 25.7 Å². The lowest BCUT2D eigenvalue weighted by Gasteiger charge is -2.29. The molecule has 1 aliphatic rings. The summed E-state index contributed by atoms with van der Waals surface area (Å²) in [7, 11) is 1.95. The zero-order chi connectivity index (χ0) is 9.90. The molecule has 0 unspecified atom stereocenters. The van der Waals surface area contributed by atoms with Crippen LogP contribution in [0.1, 0.15) is 32.6 Å². The summed E-state index contributed by atoms with van der Waals surface area (Å²) in [6.45, 7) is 3.11. The number of likely N-dealkylation sites (N-methyl/N-ethyl adjacent to an activating group) is 1. The Labute approximate surface area is 80.4 Å². The van der Waals surface area contributed by atoms with Gasteiger partial charge in [0.05, 0.1) is 11.7 Å². The van der Waals surface area contributed by atoms with E-state index in [1.54, 1.807) is 6.92 Å². The molecule has 0 aromatic heterocycles. The van der Waals surface area contributed by atoms with Crippen LogP contribution in [0.15, 0.2) is 0 Å². The highest BCUT2D eigenvalue weighted by Crippen LogP contribution is 2.29. The molecule has 2 N–H and O–H groups in total. The van der Waals surface area contributed by atoms with Gasteiger partial charge in [0.25, 0.3) is 0 Å². The molecule has 0 amide bonds. The third kappa shape index (κ3) is 3.63. The fraction of sp³-hybridized carbons (Fsp3) is 1.00. The van der Waals surface area contributed by atoms with Gasteiger partial charge in [-0.25, -0.2) is 0 Å². The van der Waals surface area contributed by atoms with Crippen molar-refractivity contribution in [2.75, 3.05) is 20.1 Å². The van der Waals surface area contributed by atoms with Gasteiger partial charge in [0.15, 0.2) is 0 Å². The van der Waals surface area contributed by atoms with Crippen LogP contribution in [-0.4, -0.2) is 47.0 Å². The molecule has 0 bridgehead atoms. The first-order valence-corrected chi connectivity index (χ1v) is 5.11. The van der Waals surface area contributed by atoms with Crippen molar-refractivity contribution in [1.82, 2.24) is 4.90 Å². The smallest absolute Gasteiger partial charge is 0.0774 e. The van der Waals surface area contributed by atoms with Gasteiger partial charge >= 0.3 is 0 Å². The normalized spacial score (nSPS) is 23.8. The van der Waals surface area contributed by atoms with Gasteiger partial charge in [0.2, 0.25) is 0 Å². The second kappa shape index (κ2) is 4.40. The minimum absolute atomic E-state index is 0.310. The van der Waals surface area contributed by atoms with Gasteiger partial charge < -0.3 is 15.1 Å². The van der Waals surface area contributed by atoms with Crippen molar-refractivity contribution in [2.45, 2.75) is 44.3 Å². The molecule has 1 fully saturated rings. The molecule has 78 valence electrons. The second-order valence-corrected chi connectivity index (χ2v) is 4.48. The van der Waals surface area contributed by atoms with Crippen LogP contribution in [0.2, 0.25) is 0 Å². The first kappa shape index (κ1) is 11.0. The predicted molar refractivity (Wildman–Crippen MR) is 52.6 cm³/mol. The molecule has 3 heteroatoms. The number of rotatable bonds is 4. The van der Waals surface area contributed by atoms with Crippen LogP contribution in [0.5, 0.6) is 0 Å². The van der Waals surface area contributed by atoms with Gasteiger partial charge in [0.1, 0.15) is 0 Å². The summed E-state index contributed by atoms with van der Waals surface area (Å²) in [6, 6.07) is 0. The number of hydrogen-bond donors (Lipinski definition) is 2. The molecule has 0 radical (unpaired) electrons. The molecule has 0 spiro atoms. The minimum Gasteiger partial charge on any atom is -0.392 e. The summed E-state index contributed by atoms with van der Waals surface area (Å²) >= 11 is 0. The largest absolute Gasteiger partial charge is 0.392 e. The lowest BCUT2D eigenvalue weighted by atomic mass is 10.0. The van der Waals surface area contributed by atoms with E-state index in [-0.39, 0.29) is 6.10 Å². The number of nitrogens with zero attached hydrogens (tertiary/aromatic N) is 1. The number of aliphatic hydroxyl groups excluding tert-OH is 1. The molecule has 1 saturated carbocycles. The highest BCUT2D eigenvalue weighted by Gasteiger charge is 2.32. The molecule has 3 nitrogen and oxygen atoms in total. The van der Waals surface area contributed by atoms with Gasteiger partial charge in [-0.1, -0.05) is 12.8 Å². The molecule has 1 aliphatic carbocycles. The summed E-state index contributed by atoms with van der Waals surface area (Å²) in [5, 5.41) is 19.2. The van der Waals surface area contributed by atoms with Gasteiger partial charge in [0, 0.05) is 13.1 Å². The molecule has 0 aliphatic heterocycles. The Morgan fingerprint density at radius 1 is 1.38 bits per heavy atom. The topological polar surface area (TPSA) is 43.7 Å². The quantitative estimate of drug-likeness (QED) is 0.677.